The maximum atomic E-state index is 12.6. The number of alkyl halides is 3. The zero-order chi connectivity index (χ0) is 12.1. The molecule has 0 aliphatic rings. The number of nitriles is 1. The summed E-state index contributed by atoms with van der Waals surface area (Å²) in [5.74, 6) is 0.183. The van der Waals surface area contributed by atoms with Gasteiger partial charge < -0.3 is 4.74 Å². The highest BCUT2D eigenvalue weighted by Gasteiger charge is 2.20. The Balaban J connectivity index is 3.38. The second kappa shape index (κ2) is 5.61. The summed E-state index contributed by atoms with van der Waals surface area (Å²) in [4.78, 5) is 3.59. The van der Waals surface area contributed by atoms with Crippen molar-refractivity contribution in [2.75, 3.05) is 7.11 Å². The summed E-state index contributed by atoms with van der Waals surface area (Å²) in [6, 6.07) is 1.89. The first kappa shape index (κ1) is 12.7. The fourth-order valence-electron chi connectivity index (χ4n) is 1.37. The Morgan fingerprint density at radius 1 is 1.56 bits per heavy atom. The monoisotopic (exact) mass is 246 g/mol. The van der Waals surface area contributed by atoms with Crippen molar-refractivity contribution in [2.45, 2.75) is 18.7 Å². The van der Waals surface area contributed by atoms with Crippen LogP contribution in [0.3, 0.4) is 0 Å². The molecule has 1 aromatic rings. The van der Waals surface area contributed by atoms with Crippen LogP contribution in [-0.4, -0.2) is 12.1 Å². The van der Waals surface area contributed by atoms with Crippen LogP contribution >= 0.6 is 11.6 Å². The molecule has 16 heavy (non-hydrogen) atoms. The SMILES string of the molecule is COc1cnc(C(F)F)c(CCl)c1CC#N. The predicted molar refractivity (Wildman–Crippen MR) is 54.6 cm³/mol. The van der Waals surface area contributed by atoms with Crippen LogP contribution in [0.25, 0.3) is 0 Å². The Morgan fingerprint density at radius 3 is 2.69 bits per heavy atom. The molecule has 0 atom stereocenters. The number of aromatic nitrogens is 1. The second-order valence-corrected chi connectivity index (χ2v) is 3.21. The summed E-state index contributed by atoms with van der Waals surface area (Å²) in [7, 11) is 1.39. The summed E-state index contributed by atoms with van der Waals surface area (Å²) in [6.07, 6.45) is -1.56. The smallest absolute Gasteiger partial charge is 0.280 e. The molecule has 0 saturated heterocycles. The van der Waals surface area contributed by atoms with Crippen LogP contribution < -0.4 is 4.74 Å². The Morgan fingerprint density at radius 2 is 2.25 bits per heavy atom. The van der Waals surface area contributed by atoms with Gasteiger partial charge in [0.2, 0.25) is 0 Å². The molecule has 0 saturated carbocycles. The molecular weight excluding hydrogens is 238 g/mol. The largest absolute Gasteiger partial charge is 0.495 e. The first-order valence-corrected chi connectivity index (χ1v) is 4.94. The molecule has 3 nitrogen and oxygen atoms in total. The number of hydrogen-bond donors (Lipinski definition) is 0. The lowest BCUT2D eigenvalue weighted by Crippen LogP contribution is -2.04. The van der Waals surface area contributed by atoms with Crippen molar-refractivity contribution in [3.63, 3.8) is 0 Å². The molecule has 0 aromatic carbocycles. The van der Waals surface area contributed by atoms with Gasteiger partial charge in [-0.05, 0) is 0 Å². The minimum absolute atomic E-state index is 0.0343. The van der Waals surface area contributed by atoms with Gasteiger partial charge in [-0.2, -0.15) is 5.26 Å². The number of ether oxygens (including phenoxy) is 1. The van der Waals surface area contributed by atoms with Gasteiger partial charge >= 0.3 is 0 Å². The van der Waals surface area contributed by atoms with E-state index in [4.69, 9.17) is 21.6 Å². The van der Waals surface area contributed by atoms with Crippen LogP contribution in [0.1, 0.15) is 23.2 Å². The Hall–Kier alpha value is -1.41. The molecule has 0 amide bonds. The van der Waals surface area contributed by atoms with Gasteiger partial charge in [0.05, 0.1) is 25.8 Å². The fraction of sp³-hybridized carbons (Fsp3) is 0.400. The number of methoxy groups -OCH3 is 1. The topological polar surface area (TPSA) is 45.9 Å². The number of nitrogens with zero attached hydrogens (tertiary/aromatic N) is 2. The minimum Gasteiger partial charge on any atom is -0.495 e. The van der Waals surface area contributed by atoms with Gasteiger partial charge in [0.1, 0.15) is 11.4 Å². The standard InChI is InChI=1S/C10H9ClF2N2O/c1-16-8-5-15-9(10(12)13)7(4-11)6(8)2-3-14/h5,10H,2,4H2,1H3. The van der Waals surface area contributed by atoms with E-state index in [0.29, 0.717) is 11.3 Å². The van der Waals surface area contributed by atoms with E-state index in [-0.39, 0.29) is 23.6 Å². The highest BCUT2D eigenvalue weighted by Crippen LogP contribution is 2.30. The molecule has 0 aliphatic heterocycles. The molecule has 86 valence electrons. The van der Waals surface area contributed by atoms with Crippen molar-refractivity contribution in [2.24, 2.45) is 0 Å². The highest BCUT2D eigenvalue weighted by molar-refractivity contribution is 6.17. The molecule has 0 fully saturated rings. The van der Waals surface area contributed by atoms with Crippen LogP contribution in [-0.2, 0) is 12.3 Å². The van der Waals surface area contributed by atoms with E-state index in [9.17, 15) is 8.78 Å². The zero-order valence-electron chi connectivity index (χ0n) is 8.51. The molecule has 0 N–H and O–H groups in total. The van der Waals surface area contributed by atoms with E-state index >= 15 is 0 Å². The van der Waals surface area contributed by atoms with Crippen LogP contribution in [0, 0.1) is 11.3 Å². The third-order valence-corrected chi connectivity index (χ3v) is 2.38. The van der Waals surface area contributed by atoms with Crippen LogP contribution in [0.5, 0.6) is 5.75 Å². The highest BCUT2D eigenvalue weighted by atomic mass is 35.5. The van der Waals surface area contributed by atoms with E-state index in [1.165, 1.54) is 13.3 Å². The van der Waals surface area contributed by atoms with Gasteiger partial charge in [0, 0.05) is 17.0 Å². The fourth-order valence-corrected chi connectivity index (χ4v) is 1.67. The van der Waals surface area contributed by atoms with E-state index in [2.05, 4.69) is 4.98 Å². The van der Waals surface area contributed by atoms with Crippen molar-refractivity contribution in [3.05, 3.63) is 23.0 Å². The summed E-state index contributed by atoms with van der Waals surface area (Å²) < 4.78 is 30.2. The average Bonchev–Trinajstić information content (AvgIpc) is 2.28. The van der Waals surface area contributed by atoms with Gasteiger partial charge in [-0.1, -0.05) is 0 Å². The molecule has 1 heterocycles. The summed E-state index contributed by atoms with van der Waals surface area (Å²) in [5, 5.41) is 8.63. The van der Waals surface area contributed by atoms with Crippen molar-refractivity contribution in [1.29, 1.82) is 5.26 Å². The van der Waals surface area contributed by atoms with Gasteiger partial charge in [-0.15, -0.1) is 11.6 Å². The van der Waals surface area contributed by atoms with E-state index in [0.717, 1.165) is 0 Å². The lowest BCUT2D eigenvalue weighted by Gasteiger charge is -2.13. The van der Waals surface area contributed by atoms with Gasteiger partial charge in [-0.25, -0.2) is 8.78 Å². The normalized spacial score (nSPS) is 10.2. The van der Waals surface area contributed by atoms with Crippen LogP contribution in [0.4, 0.5) is 8.78 Å². The summed E-state index contributed by atoms with van der Waals surface area (Å²) in [6.45, 7) is 0. The molecule has 1 aromatic heterocycles. The number of halogens is 3. The Labute approximate surface area is 96.6 Å². The second-order valence-electron chi connectivity index (χ2n) is 2.94. The average molecular weight is 247 g/mol. The lowest BCUT2D eigenvalue weighted by atomic mass is 10.0. The number of hydrogen-bond acceptors (Lipinski definition) is 3. The maximum absolute atomic E-state index is 12.6. The van der Waals surface area contributed by atoms with E-state index in [1.54, 1.807) is 0 Å². The van der Waals surface area contributed by atoms with Crippen molar-refractivity contribution >= 4 is 11.6 Å². The molecule has 1 rings (SSSR count). The third kappa shape index (κ3) is 2.39. The maximum Gasteiger partial charge on any atom is 0.280 e. The third-order valence-electron chi connectivity index (χ3n) is 2.11. The minimum atomic E-state index is -2.71. The molecule has 6 heteroatoms. The quantitative estimate of drug-likeness (QED) is 0.768. The zero-order valence-corrected chi connectivity index (χ0v) is 9.26. The molecule has 0 unspecified atom stereocenters. The van der Waals surface area contributed by atoms with Crippen LogP contribution in [0.2, 0.25) is 0 Å². The van der Waals surface area contributed by atoms with Gasteiger partial charge in [0.25, 0.3) is 6.43 Å². The Kier molecular flexibility index (Phi) is 4.44. The summed E-state index contributed by atoms with van der Waals surface area (Å²) in [5.41, 5.74) is 0.170. The Bertz CT molecular complexity index is 418. The molecule has 0 aliphatic carbocycles. The molecule has 0 radical (unpaired) electrons. The number of pyridine rings is 1. The van der Waals surface area contributed by atoms with Crippen LogP contribution in [0.15, 0.2) is 6.20 Å². The summed E-state index contributed by atoms with van der Waals surface area (Å²) >= 11 is 5.61. The first-order chi connectivity index (χ1) is 7.65. The lowest BCUT2D eigenvalue weighted by molar-refractivity contribution is 0.145. The van der Waals surface area contributed by atoms with Gasteiger partial charge in [0.15, 0.2) is 0 Å². The first-order valence-electron chi connectivity index (χ1n) is 4.41. The predicted octanol–water partition coefficient (Wildman–Crippen LogP) is 2.83. The van der Waals surface area contributed by atoms with Crippen molar-refractivity contribution in [3.8, 4) is 11.8 Å². The molecule has 0 spiro atoms. The van der Waals surface area contributed by atoms with Crippen molar-refractivity contribution in [1.82, 2.24) is 4.98 Å². The molecule has 0 bridgehead atoms. The molecular formula is C10H9ClF2N2O. The van der Waals surface area contributed by atoms with E-state index < -0.39 is 6.43 Å². The van der Waals surface area contributed by atoms with Gasteiger partial charge in [-0.3, -0.25) is 4.98 Å². The number of rotatable bonds is 4. The van der Waals surface area contributed by atoms with E-state index in [1.807, 2.05) is 6.07 Å². The van der Waals surface area contributed by atoms with Crippen molar-refractivity contribution < 1.29 is 13.5 Å².